The molecule has 0 saturated carbocycles. The number of hydrogen-bond donors (Lipinski definition) is 1. The van der Waals surface area contributed by atoms with Crippen LogP contribution in [0, 0.1) is 12.7 Å². The van der Waals surface area contributed by atoms with Crippen molar-refractivity contribution >= 4 is 27.3 Å². The molecule has 0 spiro atoms. The quantitative estimate of drug-likeness (QED) is 0.795. The molecule has 1 unspecified atom stereocenters. The maximum absolute atomic E-state index is 13.5. The number of rotatable bonds is 4. The summed E-state index contributed by atoms with van der Waals surface area (Å²) in [7, 11) is 0. The van der Waals surface area contributed by atoms with Gasteiger partial charge in [0.1, 0.15) is 5.82 Å². The van der Waals surface area contributed by atoms with E-state index in [2.05, 4.69) is 47.2 Å². The van der Waals surface area contributed by atoms with Crippen molar-refractivity contribution in [3.8, 4) is 10.4 Å². The zero-order chi connectivity index (χ0) is 14.0. The van der Waals surface area contributed by atoms with E-state index in [1.54, 1.807) is 17.4 Å². The summed E-state index contributed by atoms with van der Waals surface area (Å²) in [5.41, 5.74) is 2.05. The van der Waals surface area contributed by atoms with Gasteiger partial charge >= 0.3 is 0 Å². The van der Waals surface area contributed by atoms with Gasteiger partial charge in [0.05, 0.1) is 4.47 Å². The van der Waals surface area contributed by atoms with E-state index >= 15 is 0 Å². The fraction of sp³-hybridized carbons (Fsp3) is 0.333. The van der Waals surface area contributed by atoms with E-state index in [0.717, 1.165) is 17.7 Å². The van der Waals surface area contributed by atoms with Crippen molar-refractivity contribution < 1.29 is 4.39 Å². The monoisotopic (exact) mass is 341 g/mol. The summed E-state index contributed by atoms with van der Waals surface area (Å²) >= 11 is 5.01. The van der Waals surface area contributed by atoms with Crippen LogP contribution in [0.3, 0.4) is 0 Å². The Morgan fingerprint density at radius 3 is 2.79 bits per heavy atom. The molecule has 4 heteroatoms. The Balaban J connectivity index is 2.35. The average molecular weight is 342 g/mol. The minimum Gasteiger partial charge on any atom is -0.310 e. The first-order valence-corrected chi connectivity index (χ1v) is 7.93. The molecule has 1 aromatic carbocycles. The summed E-state index contributed by atoms with van der Waals surface area (Å²) in [5, 5.41) is 3.40. The van der Waals surface area contributed by atoms with E-state index in [-0.39, 0.29) is 5.82 Å². The van der Waals surface area contributed by atoms with Crippen LogP contribution < -0.4 is 5.32 Å². The first kappa shape index (κ1) is 14.7. The van der Waals surface area contributed by atoms with Gasteiger partial charge in [-0.2, -0.15) is 0 Å². The molecule has 0 radical (unpaired) electrons. The molecule has 19 heavy (non-hydrogen) atoms. The van der Waals surface area contributed by atoms with Crippen LogP contribution in [-0.2, 0) is 0 Å². The summed E-state index contributed by atoms with van der Waals surface area (Å²) < 4.78 is 14.0. The zero-order valence-electron chi connectivity index (χ0n) is 11.3. The van der Waals surface area contributed by atoms with E-state index in [1.807, 2.05) is 13.0 Å². The van der Waals surface area contributed by atoms with Gasteiger partial charge in [0.2, 0.25) is 0 Å². The zero-order valence-corrected chi connectivity index (χ0v) is 13.7. The fourth-order valence-corrected chi connectivity index (χ4v) is 3.51. The van der Waals surface area contributed by atoms with Gasteiger partial charge in [-0.15, -0.1) is 11.3 Å². The van der Waals surface area contributed by atoms with Crippen molar-refractivity contribution in [3.05, 3.63) is 45.0 Å². The summed E-state index contributed by atoms with van der Waals surface area (Å²) in [6.45, 7) is 7.16. The molecule has 0 amide bonds. The summed E-state index contributed by atoms with van der Waals surface area (Å²) in [4.78, 5) is 2.48. The molecular formula is C15H17BrFNS. The highest BCUT2D eigenvalue weighted by molar-refractivity contribution is 9.10. The second-order valence-corrected chi connectivity index (χ2v) is 6.53. The van der Waals surface area contributed by atoms with Crippen LogP contribution in [0.15, 0.2) is 28.7 Å². The van der Waals surface area contributed by atoms with Crippen LogP contribution in [0.1, 0.15) is 30.3 Å². The third-order valence-corrected chi connectivity index (χ3v) is 5.01. The van der Waals surface area contributed by atoms with Crippen LogP contribution in [-0.4, -0.2) is 6.54 Å². The summed E-state index contributed by atoms with van der Waals surface area (Å²) in [5.74, 6) is -0.209. The van der Waals surface area contributed by atoms with Crippen LogP contribution in [0.25, 0.3) is 10.4 Å². The van der Waals surface area contributed by atoms with E-state index in [9.17, 15) is 4.39 Å². The number of nitrogens with one attached hydrogen (secondary N) is 1. The Bertz CT molecular complexity index is 580. The Labute approximate surface area is 126 Å². The number of halogens is 2. The van der Waals surface area contributed by atoms with Crippen molar-refractivity contribution in [1.82, 2.24) is 5.32 Å². The van der Waals surface area contributed by atoms with Crippen molar-refractivity contribution in [2.24, 2.45) is 0 Å². The van der Waals surface area contributed by atoms with Gasteiger partial charge < -0.3 is 5.32 Å². The van der Waals surface area contributed by atoms with Crippen molar-refractivity contribution in [3.63, 3.8) is 0 Å². The molecule has 0 saturated heterocycles. The molecular weight excluding hydrogens is 325 g/mol. The lowest BCUT2D eigenvalue weighted by atomic mass is 10.1. The Kier molecular flexibility index (Phi) is 4.76. The number of hydrogen-bond acceptors (Lipinski definition) is 2. The standard InChI is InChI=1S/C15H17BrFNS/c1-4-18-10(3)14-5-6-15(19-14)11-8-12(16)13(17)7-9(11)2/h5-8,10,18H,4H2,1-3H3. The molecule has 1 N–H and O–H groups in total. The second kappa shape index (κ2) is 6.16. The van der Waals surface area contributed by atoms with Crippen LogP contribution in [0.5, 0.6) is 0 Å². The molecule has 1 aromatic heterocycles. The molecule has 1 atom stereocenters. The van der Waals surface area contributed by atoms with Crippen molar-refractivity contribution in [2.45, 2.75) is 26.8 Å². The largest absolute Gasteiger partial charge is 0.310 e. The van der Waals surface area contributed by atoms with Gasteiger partial charge in [0.25, 0.3) is 0 Å². The number of thiophene rings is 1. The Hall–Kier alpha value is -0.710. The van der Waals surface area contributed by atoms with E-state index in [4.69, 9.17) is 0 Å². The first-order chi connectivity index (χ1) is 9.02. The molecule has 0 bridgehead atoms. The normalized spacial score (nSPS) is 12.7. The molecule has 0 aliphatic heterocycles. The average Bonchev–Trinajstić information content (AvgIpc) is 2.83. The lowest BCUT2D eigenvalue weighted by Crippen LogP contribution is -2.16. The van der Waals surface area contributed by atoms with Crippen molar-refractivity contribution in [1.29, 1.82) is 0 Å². The third-order valence-electron chi connectivity index (χ3n) is 3.10. The maximum atomic E-state index is 13.5. The molecule has 2 aromatic rings. The van der Waals surface area contributed by atoms with Gasteiger partial charge in [-0.3, -0.25) is 0 Å². The second-order valence-electron chi connectivity index (χ2n) is 4.56. The van der Waals surface area contributed by atoms with Gasteiger partial charge in [-0.05, 0) is 71.7 Å². The van der Waals surface area contributed by atoms with Gasteiger partial charge in [-0.1, -0.05) is 6.92 Å². The van der Waals surface area contributed by atoms with Gasteiger partial charge in [-0.25, -0.2) is 4.39 Å². The van der Waals surface area contributed by atoms with Gasteiger partial charge in [0.15, 0.2) is 0 Å². The molecule has 0 aliphatic carbocycles. The maximum Gasteiger partial charge on any atom is 0.137 e. The van der Waals surface area contributed by atoms with Crippen LogP contribution in [0.2, 0.25) is 0 Å². The molecule has 1 heterocycles. The summed E-state index contributed by atoms with van der Waals surface area (Å²) in [6, 6.07) is 8.04. The molecule has 0 aliphatic rings. The minimum atomic E-state index is -0.209. The highest BCUT2D eigenvalue weighted by Crippen LogP contribution is 2.35. The predicted molar refractivity (Wildman–Crippen MR) is 84.2 cm³/mol. The predicted octanol–water partition coefficient (Wildman–Crippen LogP) is 5.30. The lowest BCUT2D eigenvalue weighted by molar-refractivity contribution is 0.607. The molecule has 2 rings (SSSR count). The molecule has 102 valence electrons. The highest BCUT2D eigenvalue weighted by Gasteiger charge is 2.12. The third kappa shape index (κ3) is 3.25. The molecule has 0 fully saturated rings. The van der Waals surface area contributed by atoms with Crippen LogP contribution in [0.4, 0.5) is 4.39 Å². The van der Waals surface area contributed by atoms with E-state index in [1.165, 1.54) is 9.75 Å². The lowest BCUT2D eigenvalue weighted by Gasteiger charge is -2.09. The summed E-state index contributed by atoms with van der Waals surface area (Å²) in [6.07, 6.45) is 0. The SMILES string of the molecule is CCNC(C)c1ccc(-c2cc(Br)c(F)cc2C)s1. The smallest absolute Gasteiger partial charge is 0.137 e. The topological polar surface area (TPSA) is 12.0 Å². The first-order valence-electron chi connectivity index (χ1n) is 6.32. The molecule has 1 nitrogen and oxygen atoms in total. The Morgan fingerprint density at radius 1 is 1.37 bits per heavy atom. The Morgan fingerprint density at radius 2 is 2.11 bits per heavy atom. The van der Waals surface area contributed by atoms with Crippen LogP contribution >= 0.6 is 27.3 Å². The minimum absolute atomic E-state index is 0.209. The van der Waals surface area contributed by atoms with E-state index in [0.29, 0.717) is 10.5 Å². The highest BCUT2D eigenvalue weighted by atomic mass is 79.9. The van der Waals surface area contributed by atoms with Gasteiger partial charge in [0, 0.05) is 15.8 Å². The number of benzene rings is 1. The fourth-order valence-electron chi connectivity index (χ4n) is 2.05. The number of aryl methyl sites for hydroxylation is 1. The van der Waals surface area contributed by atoms with E-state index < -0.39 is 0 Å². The van der Waals surface area contributed by atoms with Crippen molar-refractivity contribution in [2.75, 3.05) is 6.54 Å².